The van der Waals surface area contributed by atoms with Gasteiger partial charge in [-0.3, -0.25) is 0 Å². The number of benzene rings is 1. The number of nitrogens with two attached hydrogens (primary N) is 1. The van der Waals surface area contributed by atoms with Crippen molar-refractivity contribution in [1.29, 1.82) is 0 Å². The molecule has 1 aromatic carbocycles. The average Bonchev–Trinajstić information content (AvgIpc) is 3.20. The maximum Gasteiger partial charge on any atom is 0.240 e. The molecule has 3 N–H and O–H groups in total. The molecule has 0 aliphatic heterocycles. The highest BCUT2D eigenvalue weighted by molar-refractivity contribution is 7.89. The fraction of sp³-hybridized carbons (Fsp3) is 0.571. The Labute approximate surface area is 115 Å². The van der Waals surface area contributed by atoms with Crippen molar-refractivity contribution < 1.29 is 8.42 Å². The van der Waals surface area contributed by atoms with Crippen LogP contribution < -0.4 is 10.5 Å². The quantitative estimate of drug-likeness (QED) is 0.785. The summed E-state index contributed by atoms with van der Waals surface area (Å²) in [4.78, 5) is 0.318. The molecule has 1 saturated carbocycles. The highest BCUT2D eigenvalue weighted by Crippen LogP contribution is 2.36. The first-order valence-corrected chi connectivity index (χ1v) is 8.30. The van der Waals surface area contributed by atoms with Gasteiger partial charge < -0.3 is 5.73 Å². The monoisotopic (exact) mass is 282 g/mol. The number of anilines is 1. The molecule has 19 heavy (non-hydrogen) atoms. The summed E-state index contributed by atoms with van der Waals surface area (Å²) in [7, 11) is -3.46. The number of hydrogen-bond donors (Lipinski definition) is 2. The lowest BCUT2D eigenvalue weighted by molar-refractivity contribution is 0.491. The smallest absolute Gasteiger partial charge is 0.240 e. The Bertz CT molecular complexity index is 551. The van der Waals surface area contributed by atoms with Gasteiger partial charge in [0.2, 0.25) is 10.0 Å². The van der Waals surface area contributed by atoms with Crippen LogP contribution in [0.5, 0.6) is 0 Å². The van der Waals surface area contributed by atoms with Gasteiger partial charge in [0.05, 0.1) is 4.90 Å². The van der Waals surface area contributed by atoms with Gasteiger partial charge in [-0.25, -0.2) is 13.1 Å². The van der Waals surface area contributed by atoms with Gasteiger partial charge >= 0.3 is 0 Å². The molecule has 0 heterocycles. The first kappa shape index (κ1) is 14.3. The van der Waals surface area contributed by atoms with E-state index in [0.29, 0.717) is 35.4 Å². The molecule has 5 heteroatoms. The molecule has 0 aromatic heterocycles. The standard InChI is InChI=1S/C14H22N2O2S/c1-3-11-6-7-13(15)8-14(11)19(17,18)16-9-10(2)12-4-5-12/h6-8,10,12,16H,3-5,9,15H2,1-2H3. The van der Waals surface area contributed by atoms with E-state index >= 15 is 0 Å². The number of sulfonamides is 1. The highest BCUT2D eigenvalue weighted by Gasteiger charge is 2.29. The third-order valence-electron chi connectivity index (χ3n) is 3.78. The molecule has 4 nitrogen and oxygen atoms in total. The van der Waals surface area contributed by atoms with Crippen molar-refractivity contribution in [1.82, 2.24) is 4.72 Å². The van der Waals surface area contributed by atoms with Crippen LogP contribution in [-0.2, 0) is 16.4 Å². The normalized spacial score (nSPS) is 17.4. The Balaban J connectivity index is 2.15. The van der Waals surface area contributed by atoms with E-state index < -0.39 is 10.0 Å². The highest BCUT2D eigenvalue weighted by atomic mass is 32.2. The van der Waals surface area contributed by atoms with Crippen molar-refractivity contribution in [2.24, 2.45) is 11.8 Å². The Morgan fingerprint density at radius 1 is 1.42 bits per heavy atom. The Kier molecular flexibility index (Phi) is 4.16. The lowest BCUT2D eigenvalue weighted by Gasteiger charge is -2.14. The fourth-order valence-electron chi connectivity index (χ4n) is 2.26. The average molecular weight is 282 g/mol. The number of nitrogens with one attached hydrogen (secondary N) is 1. The summed E-state index contributed by atoms with van der Waals surface area (Å²) in [5, 5.41) is 0. The summed E-state index contributed by atoms with van der Waals surface area (Å²) in [6, 6.07) is 5.07. The zero-order valence-electron chi connectivity index (χ0n) is 11.5. The predicted molar refractivity (Wildman–Crippen MR) is 77.3 cm³/mol. The molecule has 1 aliphatic rings. The number of aryl methyl sites for hydroxylation is 1. The molecule has 0 radical (unpaired) electrons. The molecule has 2 rings (SSSR count). The third-order valence-corrected chi connectivity index (χ3v) is 5.29. The van der Waals surface area contributed by atoms with E-state index in [0.717, 1.165) is 5.56 Å². The molecule has 0 amide bonds. The van der Waals surface area contributed by atoms with Gasteiger partial charge in [-0.15, -0.1) is 0 Å². The van der Waals surface area contributed by atoms with Crippen molar-refractivity contribution in [2.45, 2.75) is 38.0 Å². The molecular weight excluding hydrogens is 260 g/mol. The summed E-state index contributed by atoms with van der Waals surface area (Å²) in [5.74, 6) is 1.09. The molecular formula is C14H22N2O2S. The molecule has 0 spiro atoms. The van der Waals surface area contributed by atoms with Crippen molar-refractivity contribution in [3.63, 3.8) is 0 Å². The van der Waals surface area contributed by atoms with Crippen molar-refractivity contribution in [3.05, 3.63) is 23.8 Å². The molecule has 1 unspecified atom stereocenters. The third kappa shape index (κ3) is 3.48. The number of nitrogen functional groups attached to an aromatic ring is 1. The van der Waals surface area contributed by atoms with Gasteiger partial charge in [-0.2, -0.15) is 0 Å². The summed E-state index contributed by atoms with van der Waals surface area (Å²) in [6.07, 6.45) is 3.12. The van der Waals surface area contributed by atoms with Crippen LogP contribution in [0.4, 0.5) is 5.69 Å². The number of rotatable bonds is 6. The minimum atomic E-state index is -3.46. The van der Waals surface area contributed by atoms with Crippen LogP contribution in [0, 0.1) is 11.8 Å². The van der Waals surface area contributed by atoms with Crippen LogP contribution in [-0.4, -0.2) is 15.0 Å². The van der Waals surface area contributed by atoms with Crippen LogP contribution in [0.3, 0.4) is 0 Å². The lowest BCUT2D eigenvalue weighted by atomic mass is 10.1. The van der Waals surface area contributed by atoms with Crippen molar-refractivity contribution in [2.75, 3.05) is 12.3 Å². The van der Waals surface area contributed by atoms with Crippen molar-refractivity contribution >= 4 is 15.7 Å². The van der Waals surface area contributed by atoms with Gasteiger partial charge in [-0.05, 0) is 48.8 Å². The molecule has 106 valence electrons. The minimum absolute atomic E-state index is 0.318. The fourth-order valence-corrected chi connectivity index (χ4v) is 3.75. The summed E-state index contributed by atoms with van der Waals surface area (Å²) < 4.78 is 27.4. The summed E-state index contributed by atoms with van der Waals surface area (Å²) in [5.41, 5.74) is 6.99. The zero-order valence-corrected chi connectivity index (χ0v) is 12.3. The zero-order chi connectivity index (χ0) is 14.0. The second-order valence-corrected chi connectivity index (χ2v) is 7.12. The maximum atomic E-state index is 12.3. The summed E-state index contributed by atoms with van der Waals surface area (Å²) in [6.45, 7) is 4.54. The first-order chi connectivity index (χ1) is 8.94. The van der Waals surface area contributed by atoms with Gasteiger partial charge in [0, 0.05) is 12.2 Å². The second kappa shape index (κ2) is 5.51. The SMILES string of the molecule is CCc1ccc(N)cc1S(=O)(=O)NCC(C)C1CC1. The van der Waals surface area contributed by atoms with Crippen LogP contribution in [0.15, 0.2) is 23.1 Å². The number of hydrogen-bond acceptors (Lipinski definition) is 3. The molecule has 1 fully saturated rings. The van der Waals surface area contributed by atoms with Crippen LogP contribution in [0.25, 0.3) is 0 Å². The summed E-state index contributed by atoms with van der Waals surface area (Å²) >= 11 is 0. The largest absolute Gasteiger partial charge is 0.399 e. The Morgan fingerprint density at radius 2 is 2.11 bits per heavy atom. The Morgan fingerprint density at radius 3 is 2.68 bits per heavy atom. The predicted octanol–water partition coefficient (Wildman–Crippen LogP) is 2.16. The first-order valence-electron chi connectivity index (χ1n) is 6.82. The van der Waals surface area contributed by atoms with Gasteiger partial charge in [0.1, 0.15) is 0 Å². The van der Waals surface area contributed by atoms with Crippen LogP contribution in [0.1, 0.15) is 32.3 Å². The van der Waals surface area contributed by atoms with E-state index in [9.17, 15) is 8.42 Å². The molecule has 1 aliphatic carbocycles. The maximum absolute atomic E-state index is 12.3. The Hall–Kier alpha value is -1.07. The molecule has 1 aromatic rings. The van der Waals surface area contributed by atoms with Gasteiger partial charge in [0.15, 0.2) is 0 Å². The second-order valence-electron chi connectivity index (χ2n) is 5.39. The van der Waals surface area contributed by atoms with E-state index in [-0.39, 0.29) is 0 Å². The lowest BCUT2D eigenvalue weighted by Crippen LogP contribution is -2.30. The van der Waals surface area contributed by atoms with Crippen LogP contribution in [0.2, 0.25) is 0 Å². The molecule has 1 atom stereocenters. The van der Waals surface area contributed by atoms with Gasteiger partial charge in [-0.1, -0.05) is 19.9 Å². The topological polar surface area (TPSA) is 72.2 Å². The minimum Gasteiger partial charge on any atom is -0.399 e. The molecule has 0 saturated heterocycles. The van der Waals surface area contributed by atoms with E-state index in [1.54, 1.807) is 18.2 Å². The van der Waals surface area contributed by atoms with E-state index in [4.69, 9.17) is 5.73 Å². The molecule has 0 bridgehead atoms. The van der Waals surface area contributed by atoms with E-state index in [2.05, 4.69) is 11.6 Å². The van der Waals surface area contributed by atoms with E-state index in [1.807, 2.05) is 6.92 Å². The van der Waals surface area contributed by atoms with E-state index in [1.165, 1.54) is 12.8 Å². The van der Waals surface area contributed by atoms with Crippen LogP contribution >= 0.6 is 0 Å². The van der Waals surface area contributed by atoms with Gasteiger partial charge in [0.25, 0.3) is 0 Å². The van der Waals surface area contributed by atoms with Crippen molar-refractivity contribution in [3.8, 4) is 0 Å².